The first kappa shape index (κ1) is 12.1. The van der Waals surface area contributed by atoms with Crippen LogP contribution in [-0.4, -0.2) is 6.54 Å². The minimum Gasteiger partial charge on any atom is -0.310 e. The first-order valence-electron chi connectivity index (χ1n) is 6.02. The highest BCUT2D eigenvalue weighted by Gasteiger charge is 2.24. The largest absolute Gasteiger partial charge is 0.310 e. The van der Waals surface area contributed by atoms with Crippen LogP contribution in [0.15, 0.2) is 22.7 Å². The van der Waals surface area contributed by atoms with Crippen LogP contribution in [0.1, 0.15) is 50.8 Å². The van der Waals surface area contributed by atoms with Gasteiger partial charge in [0.25, 0.3) is 0 Å². The summed E-state index contributed by atoms with van der Waals surface area (Å²) in [6.07, 6.45) is 2.56. The molecule has 0 saturated carbocycles. The second-order valence-corrected chi connectivity index (χ2v) is 6.55. The Bertz CT molecular complexity index is 373. The number of nitrogens with one attached hydrogen (secondary N) is 1. The molecule has 1 aliphatic heterocycles. The van der Waals surface area contributed by atoms with Gasteiger partial charge in [0, 0.05) is 10.5 Å². The third-order valence-electron chi connectivity index (χ3n) is 3.26. The zero-order valence-corrected chi connectivity index (χ0v) is 11.9. The molecule has 1 nitrogen and oxygen atoms in total. The lowest BCUT2D eigenvalue weighted by Gasteiger charge is -2.26. The van der Waals surface area contributed by atoms with E-state index in [1.54, 1.807) is 0 Å². The fraction of sp³-hybridized carbons (Fsp3) is 0.571. The summed E-state index contributed by atoms with van der Waals surface area (Å²) < 4.78 is 1.18. The molecule has 1 aromatic rings. The summed E-state index contributed by atoms with van der Waals surface area (Å²) in [5.41, 5.74) is 3.15. The molecule has 1 aliphatic rings. The SMILES string of the molecule is CC(C)(C)c1cc(Br)ccc1C1CCCN1. The molecule has 16 heavy (non-hydrogen) atoms. The molecule has 0 aliphatic carbocycles. The molecule has 0 spiro atoms. The molecule has 1 fully saturated rings. The molecule has 1 aromatic carbocycles. The van der Waals surface area contributed by atoms with E-state index in [1.807, 2.05) is 0 Å². The van der Waals surface area contributed by atoms with Crippen molar-refractivity contribution in [2.24, 2.45) is 0 Å². The van der Waals surface area contributed by atoms with E-state index in [9.17, 15) is 0 Å². The minimum atomic E-state index is 0.212. The van der Waals surface area contributed by atoms with Gasteiger partial charge in [0.2, 0.25) is 0 Å². The van der Waals surface area contributed by atoms with Crippen LogP contribution in [0, 0.1) is 0 Å². The monoisotopic (exact) mass is 281 g/mol. The molecule has 88 valence electrons. The van der Waals surface area contributed by atoms with Crippen molar-refractivity contribution in [1.82, 2.24) is 5.32 Å². The van der Waals surface area contributed by atoms with Gasteiger partial charge >= 0.3 is 0 Å². The highest BCUT2D eigenvalue weighted by molar-refractivity contribution is 9.10. The average molecular weight is 282 g/mol. The molecule has 1 N–H and O–H groups in total. The molecular formula is C14H20BrN. The molecule has 1 atom stereocenters. The molecule has 2 rings (SSSR count). The number of halogens is 1. The first-order chi connectivity index (χ1) is 7.48. The molecule has 0 aromatic heterocycles. The maximum atomic E-state index is 3.59. The van der Waals surface area contributed by atoms with Crippen LogP contribution >= 0.6 is 15.9 Å². The number of rotatable bonds is 1. The number of hydrogen-bond donors (Lipinski definition) is 1. The second-order valence-electron chi connectivity index (χ2n) is 5.63. The smallest absolute Gasteiger partial charge is 0.0323 e. The van der Waals surface area contributed by atoms with E-state index in [0.717, 1.165) is 6.54 Å². The zero-order valence-electron chi connectivity index (χ0n) is 10.3. The van der Waals surface area contributed by atoms with Crippen LogP contribution in [-0.2, 0) is 5.41 Å². The Hall–Kier alpha value is -0.340. The van der Waals surface area contributed by atoms with E-state index >= 15 is 0 Å². The zero-order chi connectivity index (χ0) is 11.8. The molecule has 2 heteroatoms. The van der Waals surface area contributed by atoms with Crippen molar-refractivity contribution < 1.29 is 0 Å². The Morgan fingerprint density at radius 3 is 2.62 bits per heavy atom. The van der Waals surface area contributed by atoms with Gasteiger partial charge in [-0.15, -0.1) is 0 Å². The van der Waals surface area contributed by atoms with Crippen LogP contribution in [0.25, 0.3) is 0 Å². The van der Waals surface area contributed by atoms with Crippen molar-refractivity contribution in [1.29, 1.82) is 0 Å². The van der Waals surface area contributed by atoms with Gasteiger partial charge in [-0.05, 0) is 48.1 Å². The Balaban J connectivity index is 2.43. The minimum absolute atomic E-state index is 0.212. The van der Waals surface area contributed by atoms with Crippen LogP contribution in [0.5, 0.6) is 0 Å². The summed E-state index contributed by atoms with van der Waals surface area (Å²) >= 11 is 3.58. The van der Waals surface area contributed by atoms with Crippen LogP contribution in [0.4, 0.5) is 0 Å². The van der Waals surface area contributed by atoms with Gasteiger partial charge in [-0.2, -0.15) is 0 Å². The van der Waals surface area contributed by atoms with E-state index in [4.69, 9.17) is 0 Å². The lowest BCUT2D eigenvalue weighted by molar-refractivity contribution is 0.556. The van der Waals surface area contributed by atoms with Crippen LogP contribution in [0.2, 0.25) is 0 Å². The Labute approximate surface area is 107 Å². The van der Waals surface area contributed by atoms with Crippen molar-refractivity contribution in [3.63, 3.8) is 0 Å². The Morgan fingerprint density at radius 1 is 1.31 bits per heavy atom. The van der Waals surface area contributed by atoms with Gasteiger partial charge in [0.15, 0.2) is 0 Å². The molecule has 1 heterocycles. The second kappa shape index (κ2) is 4.50. The summed E-state index contributed by atoms with van der Waals surface area (Å²) in [7, 11) is 0. The van der Waals surface area contributed by atoms with Gasteiger partial charge in [0.1, 0.15) is 0 Å². The predicted octanol–water partition coefficient (Wildman–Crippen LogP) is 4.17. The van der Waals surface area contributed by atoms with Crippen molar-refractivity contribution >= 4 is 15.9 Å². The quantitative estimate of drug-likeness (QED) is 0.815. The normalized spacial score (nSPS) is 21.4. The molecule has 0 radical (unpaired) electrons. The van der Waals surface area contributed by atoms with Gasteiger partial charge in [-0.1, -0.05) is 42.8 Å². The van der Waals surface area contributed by atoms with Gasteiger partial charge < -0.3 is 5.32 Å². The van der Waals surface area contributed by atoms with Gasteiger partial charge in [-0.25, -0.2) is 0 Å². The third kappa shape index (κ3) is 2.49. The van der Waals surface area contributed by atoms with Crippen molar-refractivity contribution in [2.75, 3.05) is 6.54 Å². The van der Waals surface area contributed by atoms with E-state index in [0.29, 0.717) is 6.04 Å². The number of hydrogen-bond acceptors (Lipinski definition) is 1. The highest BCUT2D eigenvalue weighted by atomic mass is 79.9. The summed E-state index contributed by atoms with van der Waals surface area (Å²) in [5, 5.41) is 3.59. The molecule has 0 amide bonds. The molecule has 0 bridgehead atoms. The summed E-state index contributed by atoms with van der Waals surface area (Å²) in [4.78, 5) is 0. The van der Waals surface area contributed by atoms with E-state index in [1.165, 1.54) is 28.4 Å². The molecule has 1 unspecified atom stereocenters. The highest BCUT2D eigenvalue weighted by Crippen LogP contribution is 2.34. The van der Waals surface area contributed by atoms with E-state index in [-0.39, 0.29) is 5.41 Å². The fourth-order valence-corrected chi connectivity index (χ4v) is 2.79. The van der Waals surface area contributed by atoms with Crippen LogP contribution < -0.4 is 5.32 Å². The maximum absolute atomic E-state index is 3.59. The molecule has 1 saturated heterocycles. The van der Waals surface area contributed by atoms with Crippen LogP contribution in [0.3, 0.4) is 0 Å². The maximum Gasteiger partial charge on any atom is 0.0323 e. The fourth-order valence-electron chi connectivity index (χ4n) is 2.43. The van der Waals surface area contributed by atoms with Crippen molar-refractivity contribution in [3.8, 4) is 0 Å². The first-order valence-corrected chi connectivity index (χ1v) is 6.81. The predicted molar refractivity (Wildman–Crippen MR) is 72.8 cm³/mol. The lowest BCUT2D eigenvalue weighted by atomic mass is 9.81. The summed E-state index contributed by atoms with van der Waals surface area (Å²) in [5.74, 6) is 0. The third-order valence-corrected chi connectivity index (χ3v) is 3.75. The topological polar surface area (TPSA) is 12.0 Å². The standard InChI is InChI=1S/C14H20BrN/c1-14(2,3)12-9-10(15)6-7-11(12)13-5-4-8-16-13/h6-7,9,13,16H,4-5,8H2,1-3H3. The Kier molecular flexibility index (Phi) is 3.41. The summed E-state index contributed by atoms with van der Waals surface area (Å²) in [6.45, 7) is 8.01. The van der Waals surface area contributed by atoms with Crippen molar-refractivity contribution in [3.05, 3.63) is 33.8 Å². The van der Waals surface area contributed by atoms with Crippen molar-refractivity contribution in [2.45, 2.75) is 45.1 Å². The lowest BCUT2D eigenvalue weighted by Crippen LogP contribution is -2.20. The average Bonchev–Trinajstić information content (AvgIpc) is 2.69. The van der Waals surface area contributed by atoms with E-state index < -0.39 is 0 Å². The molecular weight excluding hydrogens is 262 g/mol. The van der Waals surface area contributed by atoms with Gasteiger partial charge in [0.05, 0.1) is 0 Å². The van der Waals surface area contributed by atoms with Gasteiger partial charge in [-0.3, -0.25) is 0 Å². The number of benzene rings is 1. The summed E-state index contributed by atoms with van der Waals surface area (Å²) in [6, 6.07) is 7.26. The Morgan fingerprint density at radius 2 is 2.06 bits per heavy atom. The van der Waals surface area contributed by atoms with E-state index in [2.05, 4.69) is 60.2 Å².